The third-order valence-corrected chi connectivity index (χ3v) is 9.16. The maximum absolute atomic E-state index is 13.0. The second kappa shape index (κ2) is 10.6. The zero-order valence-corrected chi connectivity index (χ0v) is 21.3. The molecule has 4 rings (SSSR count). The van der Waals surface area contributed by atoms with E-state index in [-0.39, 0.29) is 4.90 Å². The first kappa shape index (κ1) is 26.1. The van der Waals surface area contributed by atoms with Gasteiger partial charge in [-0.25, -0.2) is 13.4 Å². The molecule has 0 saturated carbocycles. The molecule has 0 atom stereocenters. The van der Waals surface area contributed by atoms with Crippen LogP contribution in [0.5, 0.6) is 17.2 Å². The highest BCUT2D eigenvalue weighted by Gasteiger charge is 2.33. The number of aromatic nitrogens is 1. The number of rotatable bonds is 8. The third-order valence-electron chi connectivity index (χ3n) is 5.94. The molecule has 0 radical (unpaired) electrons. The SMILES string of the molecule is COc1ccc(OC)c(Cc2csc(N3CCC(S(=O)(=O)c4ccc(OC(F)(F)F)cc4)CC3)n2)c1. The van der Waals surface area contributed by atoms with Crippen LogP contribution in [0.15, 0.2) is 52.7 Å². The van der Waals surface area contributed by atoms with Crippen LogP contribution in [0.3, 0.4) is 0 Å². The minimum Gasteiger partial charge on any atom is -0.497 e. The number of methoxy groups -OCH3 is 2. The van der Waals surface area contributed by atoms with E-state index in [0.29, 0.717) is 32.4 Å². The Morgan fingerprint density at radius 1 is 1.03 bits per heavy atom. The highest BCUT2D eigenvalue weighted by molar-refractivity contribution is 7.92. The van der Waals surface area contributed by atoms with Gasteiger partial charge in [-0.3, -0.25) is 0 Å². The fraction of sp³-hybridized carbons (Fsp3) is 0.375. The molecule has 0 unspecified atom stereocenters. The van der Waals surface area contributed by atoms with Crippen molar-refractivity contribution in [2.75, 3.05) is 32.2 Å². The first-order chi connectivity index (χ1) is 17.1. The number of ether oxygens (including phenoxy) is 3. The lowest BCUT2D eigenvalue weighted by Crippen LogP contribution is -2.39. The fourth-order valence-corrected chi connectivity index (χ4v) is 6.73. The van der Waals surface area contributed by atoms with Crippen molar-refractivity contribution < 1.29 is 35.8 Å². The fourth-order valence-electron chi connectivity index (χ4n) is 4.12. The molecule has 0 bridgehead atoms. The number of hydrogen-bond donors (Lipinski definition) is 0. The number of thiazole rings is 1. The summed E-state index contributed by atoms with van der Waals surface area (Å²) in [4.78, 5) is 6.78. The van der Waals surface area contributed by atoms with Gasteiger partial charge in [0.05, 0.1) is 30.1 Å². The molecule has 3 aromatic rings. The number of sulfone groups is 1. The van der Waals surface area contributed by atoms with Gasteiger partial charge in [-0.2, -0.15) is 0 Å². The molecule has 1 aromatic heterocycles. The van der Waals surface area contributed by atoms with Gasteiger partial charge in [0.15, 0.2) is 15.0 Å². The van der Waals surface area contributed by atoms with Crippen LogP contribution >= 0.6 is 11.3 Å². The maximum atomic E-state index is 13.0. The number of halogens is 3. The van der Waals surface area contributed by atoms with Crippen LogP contribution in [0, 0.1) is 0 Å². The van der Waals surface area contributed by atoms with E-state index < -0.39 is 27.2 Å². The van der Waals surface area contributed by atoms with Crippen molar-refractivity contribution in [2.45, 2.75) is 35.8 Å². The molecule has 1 aliphatic rings. The average molecular weight is 543 g/mol. The van der Waals surface area contributed by atoms with Crippen LogP contribution in [0.4, 0.5) is 18.3 Å². The van der Waals surface area contributed by atoms with Crippen molar-refractivity contribution in [1.82, 2.24) is 4.98 Å². The molecule has 0 amide bonds. The Bertz CT molecular complexity index is 1290. The molecule has 1 aliphatic heterocycles. The standard InChI is InChI=1S/C24H25F3N2O5S2/c1-32-19-5-8-22(33-2)16(14-19)13-17-15-35-23(28-17)29-11-9-21(10-12-29)36(30,31)20-6-3-18(4-7-20)34-24(25,26)27/h3-8,14-15,21H,9-13H2,1-2H3. The van der Waals surface area contributed by atoms with E-state index in [2.05, 4.69) is 9.64 Å². The second-order valence-corrected chi connectivity index (χ2v) is 11.3. The summed E-state index contributed by atoms with van der Waals surface area (Å²) in [6.07, 6.45) is -3.48. The van der Waals surface area contributed by atoms with Gasteiger partial charge >= 0.3 is 6.36 Å². The molecule has 1 fully saturated rings. The summed E-state index contributed by atoms with van der Waals surface area (Å²) in [7, 11) is -0.467. The summed E-state index contributed by atoms with van der Waals surface area (Å²) >= 11 is 1.50. The Balaban J connectivity index is 1.39. The van der Waals surface area contributed by atoms with E-state index >= 15 is 0 Å². The molecule has 2 aromatic carbocycles. The van der Waals surface area contributed by atoms with Crippen molar-refractivity contribution in [1.29, 1.82) is 0 Å². The maximum Gasteiger partial charge on any atom is 0.573 e. The zero-order chi connectivity index (χ0) is 25.9. The number of nitrogens with zero attached hydrogens (tertiary/aromatic N) is 2. The predicted molar refractivity (Wildman–Crippen MR) is 130 cm³/mol. The summed E-state index contributed by atoms with van der Waals surface area (Å²) in [6, 6.07) is 9.94. The van der Waals surface area contributed by atoms with Crippen molar-refractivity contribution in [3.8, 4) is 17.2 Å². The van der Waals surface area contributed by atoms with Crippen LogP contribution in [-0.2, 0) is 16.3 Å². The molecule has 2 heterocycles. The predicted octanol–water partition coefficient (Wildman–Crippen LogP) is 5.09. The number of alkyl halides is 3. The van der Waals surface area contributed by atoms with Crippen LogP contribution in [0.25, 0.3) is 0 Å². The molecule has 36 heavy (non-hydrogen) atoms. The van der Waals surface area contributed by atoms with Gasteiger partial charge in [0.25, 0.3) is 0 Å². The largest absolute Gasteiger partial charge is 0.573 e. The van der Waals surface area contributed by atoms with E-state index in [4.69, 9.17) is 14.5 Å². The number of piperidine rings is 1. The summed E-state index contributed by atoms with van der Waals surface area (Å²) in [5, 5.41) is 2.17. The summed E-state index contributed by atoms with van der Waals surface area (Å²) in [6.45, 7) is 1.02. The highest BCUT2D eigenvalue weighted by Crippen LogP contribution is 2.32. The Kier molecular flexibility index (Phi) is 7.65. The molecular formula is C24H25F3N2O5S2. The number of hydrogen-bond acceptors (Lipinski definition) is 8. The van der Waals surface area contributed by atoms with E-state index in [1.165, 1.54) is 11.3 Å². The molecule has 12 heteroatoms. The van der Waals surface area contributed by atoms with Crippen LogP contribution in [-0.4, -0.2) is 52.3 Å². The quantitative estimate of drug-likeness (QED) is 0.392. The molecule has 0 N–H and O–H groups in total. The minimum atomic E-state index is -4.83. The van der Waals surface area contributed by atoms with Crippen LogP contribution in [0.2, 0.25) is 0 Å². The lowest BCUT2D eigenvalue weighted by atomic mass is 10.1. The van der Waals surface area contributed by atoms with Gasteiger partial charge in [-0.05, 0) is 55.3 Å². The topological polar surface area (TPSA) is 78.0 Å². The summed E-state index contributed by atoms with van der Waals surface area (Å²) in [5.74, 6) is 1.02. The Labute approximate surface area is 211 Å². The van der Waals surface area contributed by atoms with Crippen molar-refractivity contribution in [2.24, 2.45) is 0 Å². The number of benzene rings is 2. The first-order valence-corrected chi connectivity index (χ1v) is 13.5. The lowest BCUT2D eigenvalue weighted by Gasteiger charge is -2.31. The normalized spacial score (nSPS) is 15.1. The molecule has 0 spiro atoms. The molecule has 7 nitrogen and oxygen atoms in total. The Morgan fingerprint density at radius 2 is 1.69 bits per heavy atom. The summed E-state index contributed by atoms with van der Waals surface area (Å²) < 4.78 is 77.7. The van der Waals surface area contributed by atoms with E-state index in [1.54, 1.807) is 14.2 Å². The molecule has 1 saturated heterocycles. The van der Waals surface area contributed by atoms with Gasteiger partial charge < -0.3 is 19.1 Å². The van der Waals surface area contributed by atoms with Gasteiger partial charge in [0, 0.05) is 30.5 Å². The lowest BCUT2D eigenvalue weighted by molar-refractivity contribution is -0.274. The Hall–Kier alpha value is -2.99. The van der Waals surface area contributed by atoms with Gasteiger partial charge in [-0.15, -0.1) is 24.5 Å². The first-order valence-electron chi connectivity index (χ1n) is 11.1. The molecule has 0 aliphatic carbocycles. The smallest absolute Gasteiger partial charge is 0.497 e. The van der Waals surface area contributed by atoms with E-state index in [0.717, 1.165) is 52.2 Å². The van der Waals surface area contributed by atoms with Gasteiger partial charge in [0.1, 0.15) is 17.2 Å². The van der Waals surface area contributed by atoms with Crippen LogP contribution in [0.1, 0.15) is 24.1 Å². The summed E-state index contributed by atoms with van der Waals surface area (Å²) in [5.41, 5.74) is 1.82. The Morgan fingerprint density at radius 3 is 2.31 bits per heavy atom. The van der Waals surface area contributed by atoms with E-state index in [1.807, 2.05) is 23.6 Å². The van der Waals surface area contributed by atoms with Crippen molar-refractivity contribution in [3.05, 3.63) is 59.1 Å². The van der Waals surface area contributed by atoms with Crippen molar-refractivity contribution >= 4 is 26.3 Å². The van der Waals surface area contributed by atoms with Gasteiger partial charge in [0.2, 0.25) is 0 Å². The minimum absolute atomic E-state index is 0.0146. The monoisotopic (exact) mass is 542 g/mol. The zero-order valence-electron chi connectivity index (χ0n) is 19.6. The van der Waals surface area contributed by atoms with Gasteiger partial charge in [-0.1, -0.05) is 0 Å². The average Bonchev–Trinajstić information content (AvgIpc) is 3.32. The second-order valence-electron chi connectivity index (χ2n) is 8.23. The third kappa shape index (κ3) is 6.04. The highest BCUT2D eigenvalue weighted by atomic mass is 32.2. The number of anilines is 1. The van der Waals surface area contributed by atoms with E-state index in [9.17, 15) is 21.6 Å². The molecule has 194 valence electrons. The molecular weight excluding hydrogens is 517 g/mol. The van der Waals surface area contributed by atoms with Crippen molar-refractivity contribution in [3.63, 3.8) is 0 Å². The van der Waals surface area contributed by atoms with Crippen LogP contribution < -0.4 is 19.1 Å².